The van der Waals surface area contributed by atoms with Crippen molar-refractivity contribution < 1.29 is 0 Å². The third-order valence-electron chi connectivity index (χ3n) is 4.68. The van der Waals surface area contributed by atoms with Gasteiger partial charge in [0.2, 0.25) is 0 Å². The molecule has 1 unspecified atom stereocenters. The maximum atomic E-state index is 4.41. The van der Waals surface area contributed by atoms with E-state index in [0.717, 1.165) is 30.8 Å². The molecule has 23 heavy (non-hydrogen) atoms. The van der Waals surface area contributed by atoms with Gasteiger partial charge < -0.3 is 10.6 Å². The molecule has 1 saturated heterocycles. The zero-order valence-corrected chi connectivity index (χ0v) is 14.8. The Morgan fingerprint density at radius 3 is 3.00 bits per heavy atom. The summed E-state index contributed by atoms with van der Waals surface area (Å²) in [5.41, 5.74) is 2.27. The van der Waals surface area contributed by atoms with E-state index in [1.807, 2.05) is 19.3 Å². The van der Waals surface area contributed by atoms with Crippen LogP contribution < -0.4 is 10.6 Å². The molecule has 1 aliphatic heterocycles. The van der Waals surface area contributed by atoms with Crippen LogP contribution in [0.3, 0.4) is 0 Å². The number of aromatic nitrogens is 1. The first-order chi connectivity index (χ1) is 11.2. The molecule has 0 aliphatic carbocycles. The highest BCUT2D eigenvalue weighted by Gasteiger charge is 2.19. The average molecular weight is 317 g/mol. The van der Waals surface area contributed by atoms with Crippen LogP contribution in [0.1, 0.15) is 43.9 Å². The zero-order valence-electron chi connectivity index (χ0n) is 14.8. The SMILES string of the molecule is CCC1CCCCN1CCNC(=NC)NCc1ncccc1C. The molecule has 2 heterocycles. The van der Waals surface area contributed by atoms with Gasteiger partial charge in [0, 0.05) is 32.4 Å². The van der Waals surface area contributed by atoms with Gasteiger partial charge in [0.1, 0.15) is 0 Å². The quantitative estimate of drug-likeness (QED) is 0.624. The molecule has 5 heteroatoms. The minimum Gasteiger partial charge on any atom is -0.355 e. The summed E-state index contributed by atoms with van der Waals surface area (Å²) in [6, 6.07) is 4.81. The molecule has 0 spiro atoms. The van der Waals surface area contributed by atoms with E-state index in [9.17, 15) is 0 Å². The van der Waals surface area contributed by atoms with Crippen molar-refractivity contribution in [2.24, 2.45) is 4.99 Å². The predicted octanol–water partition coefficient (Wildman–Crippen LogP) is 2.32. The number of aryl methyl sites for hydroxylation is 1. The smallest absolute Gasteiger partial charge is 0.191 e. The van der Waals surface area contributed by atoms with Gasteiger partial charge in [-0.25, -0.2) is 0 Å². The number of aliphatic imine (C=N–C) groups is 1. The lowest BCUT2D eigenvalue weighted by Gasteiger charge is -2.35. The maximum absolute atomic E-state index is 4.41. The highest BCUT2D eigenvalue weighted by Crippen LogP contribution is 2.18. The van der Waals surface area contributed by atoms with Crippen LogP contribution in [-0.4, -0.2) is 48.6 Å². The topological polar surface area (TPSA) is 52.5 Å². The van der Waals surface area contributed by atoms with Gasteiger partial charge in [-0.3, -0.25) is 14.9 Å². The van der Waals surface area contributed by atoms with Gasteiger partial charge in [-0.2, -0.15) is 0 Å². The number of hydrogen-bond acceptors (Lipinski definition) is 3. The molecular formula is C18H31N5. The molecule has 1 aromatic heterocycles. The van der Waals surface area contributed by atoms with Crippen LogP contribution in [0.5, 0.6) is 0 Å². The molecule has 0 bridgehead atoms. The Bertz CT molecular complexity index is 500. The average Bonchev–Trinajstić information content (AvgIpc) is 2.59. The summed E-state index contributed by atoms with van der Waals surface area (Å²) in [5, 5.41) is 6.77. The summed E-state index contributed by atoms with van der Waals surface area (Å²) in [7, 11) is 1.82. The van der Waals surface area contributed by atoms with Gasteiger partial charge in [0.05, 0.1) is 12.2 Å². The van der Waals surface area contributed by atoms with Crippen LogP contribution in [0.15, 0.2) is 23.3 Å². The Balaban J connectivity index is 1.74. The number of rotatable bonds is 6. The van der Waals surface area contributed by atoms with Gasteiger partial charge in [0.25, 0.3) is 0 Å². The molecule has 0 saturated carbocycles. The minimum atomic E-state index is 0.702. The number of nitrogens with one attached hydrogen (secondary N) is 2. The van der Waals surface area contributed by atoms with Crippen molar-refractivity contribution in [2.75, 3.05) is 26.7 Å². The van der Waals surface area contributed by atoms with E-state index in [0.29, 0.717) is 6.54 Å². The Kier molecular flexibility index (Phi) is 7.33. The third-order valence-corrected chi connectivity index (χ3v) is 4.68. The van der Waals surface area contributed by atoms with Crippen molar-refractivity contribution in [3.63, 3.8) is 0 Å². The fourth-order valence-corrected chi connectivity index (χ4v) is 3.23. The highest BCUT2D eigenvalue weighted by atomic mass is 15.2. The summed E-state index contributed by atoms with van der Waals surface area (Å²) in [6.07, 6.45) is 7.16. The number of piperidine rings is 1. The largest absolute Gasteiger partial charge is 0.355 e. The molecule has 5 nitrogen and oxygen atoms in total. The molecule has 1 atom stereocenters. The lowest BCUT2D eigenvalue weighted by atomic mass is 10.0. The van der Waals surface area contributed by atoms with Crippen molar-refractivity contribution in [3.8, 4) is 0 Å². The van der Waals surface area contributed by atoms with E-state index >= 15 is 0 Å². The number of hydrogen-bond donors (Lipinski definition) is 2. The lowest BCUT2D eigenvalue weighted by Crippen LogP contribution is -2.45. The second kappa shape index (κ2) is 9.50. The van der Waals surface area contributed by atoms with Gasteiger partial charge >= 0.3 is 0 Å². The molecule has 1 aliphatic rings. The van der Waals surface area contributed by atoms with E-state index in [2.05, 4.69) is 45.4 Å². The summed E-state index contributed by atoms with van der Waals surface area (Å²) >= 11 is 0. The minimum absolute atomic E-state index is 0.702. The van der Waals surface area contributed by atoms with E-state index in [1.54, 1.807) is 0 Å². The van der Waals surface area contributed by atoms with Crippen LogP contribution in [-0.2, 0) is 6.54 Å². The van der Waals surface area contributed by atoms with Gasteiger partial charge in [-0.05, 0) is 44.4 Å². The molecule has 128 valence electrons. The van der Waals surface area contributed by atoms with Crippen LogP contribution in [0, 0.1) is 6.92 Å². The summed E-state index contributed by atoms with van der Waals surface area (Å²) in [5.74, 6) is 0.847. The van der Waals surface area contributed by atoms with Crippen molar-refractivity contribution in [1.82, 2.24) is 20.5 Å². The van der Waals surface area contributed by atoms with Crippen LogP contribution in [0.25, 0.3) is 0 Å². The van der Waals surface area contributed by atoms with E-state index in [4.69, 9.17) is 0 Å². The van der Waals surface area contributed by atoms with Gasteiger partial charge in [-0.15, -0.1) is 0 Å². The fraction of sp³-hybridized carbons (Fsp3) is 0.667. The van der Waals surface area contributed by atoms with Crippen LogP contribution in [0.4, 0.5) is 0 Å². The highest BCUT2D eigenvalue weighted by molar-refractivity contribution is 5.79. The predicted molar refractivity (Wildman–Crippen MR) is 96.7 cm³/mol. The van der Waals surface area contributed by atoms with E-state index < -0.39 is 0 Å². The normalized spacial score (nSPS) is 19.6. The molecule has 1 fully saturated rings. The Morgan fingerprint density at radius 2 is 2.26 bits per heavy atom. The molecular weight excluding hydrogens is 286 g/mol. The van der Waals surface area contributed by atoms with Gasteiger partial charge in [0.15, 0.2) is 5.96 Å². The Morgan fingerprint density at radius 1 is 1.39 bits per heavy atom. The third kappa shape index (κ3) is 5.50. The number of pyridine rings is 1. The first-order valence-corrected chi connectivity index (χ1v) is 8.83. The zero-order chi connectivity index (χ0) is 16.5. The van der Waals surface area contributed by atoms with E-state index in [1.165, 1.54) is 37.8 Å². The summed E-state index contributed by atoms with van der Waals surface area (Å²) in [4.78, 5) is 11.3. The molecule has 2 rings (SSSR count). The summed E-state index contributed by atoms with van der Waals surface area (Å²) < 4.78 is 0. The summed E-state index contributed by atoms with van der Waals surface area (Å²) in [6.45, 7) is 8.33. The van der Waals surface area contributed by atoms with Crippen LogP contribution >= 0.6 is 0 Å². The van der Waals surface area contributed by atoms with Crippen molar-refractivity contribution in [3.05, 3.63) is 29.6 Å². The number of likely N-dealkylation sites (tertiary alicyclic amines) is 1. The van der Waals surface area contributed by atoms with Crippen molar-refractivity contribution in [2.45, 2.75) is 52.1 Å². The maximum Gasteiger partial charge on any atom is 0.191 e. The molecule has 0 aromatic carbocycles. The van der Waals surface area contributed by atoms with Gasteiger partial charge in [-0.1, -0.05) is 19.4 Å². The molecule has 0 radical (unpaired) electrons. The van der Waals surface area contributed by atoms with Crippen molar-refractivity contribution >= 4 is 5.96 Å². The van der Waals surface area contributed by atoms with Crippen LogP contribution in [0.2, 0.25) is 0 Å². The first-order valence-electron chi connectivity index (χ1n) is 8.83. The first kappa shape index (κ1) is 17.7. The Labute approximate surface area is 140 Å². The molecule has 0 amide bonds. The van der Waals surface area contributed by atoms with E-state index in [-0.39, 0.29) is 0 Å². The molecule has 1 aromatic rings. The Hall–Kier alpha value is -1.62. The number of nitrogens with zero attached hydrogens (tertiary/aromatic N) is 3. The second-order valence-corrected chi connectivity index (χ2v) is 6.21. The standard InChI is InChI=1S/C18H31N5/c1-4-16-9-5-6-12-23(16)13-11-21-18(19-3)22-14-17-15(2)8-7-10-20-17/h7-8,10,16H,4-6,9,11-14H2,1-3H3,(H2,19,21,22). The molecule has 2 N–H and O–H groups in total. The van der Waals surface area contributed by atoms with Crippen molar-refractivity contribution in [1.29, 1.82) is 0 Å². The fourth-order valence-electron chi connectivity index (χ4n) is 3.23. The monoisotopic (exact) mass is 317 g/mol. The second-order valence-electron chi connectivity index (χ2n) is 6.21. The number of guanidine groups is 1. The lowest BCUT2D eigenvalue weighted by molar-refractivity contribution is 0.147.